The van der Waals surface area contributed by atoms with E-state index in [-0.39, 0.29) is 0 Å². The van der Waals surface area contributed by atoms with Crippen LogP contribution in [0, 0.1) is 0 Å². The summed E-state index contributed by atoms with van der Waals surface area (Å²) < 4.78 is 5.37. The molecule has 0 saturated heterocycles. The van der Waals surface area contributed by atoms with Crippen LogP contribution in [0.25, 0.3) is 0 Å². The number of rotatable bonds is 9. The predicted molar refractivity (Wildman–Crippen MR) is 77.2 cm³/mol. The molecule has 18 heavy (non-hydrogen) atoms. The van der Waals surface area contributed by atoms with Crippen LogP contribution in [0.2, 0.25) is 0 Å². The summed E-state index contributed by atoms with van der Waals surface area (Å²) in [4.78, 5) is 8.94. The van der Waals surface area contributed by atoms with Crippen LogP contribution in [0.5, 0.6) is 0 Å². The third kappa shape index (κ3) is 5.69. The summed E-state index contributed by atoms with van der Waals surface area (Å²) in [5, 5.41) is 4.27. The van der Waals surface area contributed by atoms with Crippen LogP contribution in [0.3, 0.4) is 0 Å². The van der Waals surface area contributed by atoms with Crippen molar-refractivity contribution >= 4 is 17.6 Å². The first-order valence-electron chi connectivity index (χ1n) is 6.62. The molecule has 0 radical (unpaired) electrons. The highest BCUT2D eigenvalue weighted by Gasteiger charge is 2.05. The molecule has 0 aliphatic carbocycles. The minimum atomic E-state index is 0.483. The van der Waals surface area contributed by atoms with Gasteiger partial charge in [0.05, 0.1) is 0 Å². The maximum Gasteiger partial charge on any atom is 0.157 e. The first kappa shape index (κ1) is 15.2. The van der Waals surface area contributed by atoms with Crippen LogP contribution < -0.4 is 5.32 Å². The molecule has 1 N–H and O–H groups in total. The van der Waals surface area contributed by atoms with Gasteiger partial charge in [0.2, 0.25) is 0 Å². The molecule has 0 aromatic carbocycles. The molecule has 0 fully saturated rings. The second-order valence-corrected chi connectivity index (χ2v) is 4.99. The van der Waals surface area contributed by atoms with Gasteiger partial charge < -0.3 is 10.1 Å². The number of aromatic nitrogens is 2. The van der Waals surface area contributed by atoms with Crippen molar-refractivity contribution in [1.82, 2.24) is 9.97 Å². The summed E-state index contributed by atoms with van der Waals surface area (Å²) in [6.45, 7) is 8.28. The average molecular weight is 269 g/mol. The summed E-state index contributed by atoms with van der Waals surface area (Å²) in [6.07, 6.45) is 2.43. The Kier molecular flexibility index (Phi) is 7.76. The summed E-state index contributed by atoms with van der Waals surface area (Å²) in [5.74, 6) is 2.75. The van der Waals surface area contributed by atoms with Crippen molar-refractivity contribution in [3.8, 4) is 0 Å². The fourth-order valence-electron chi connectivity index (χ4n) is 1.40. The number of nitrogens with zero attached hydrogens (tertiary/aromatic N) is 2. The normalized spacial score (nSPS) is 10.6. The monoisotopic (exact) mass is 269 g/mol. The number of ether oxygens (including phenoxy) is 1. The number of thioether (sulfide) groups is 1. The molecule has 4 nitrogen and oxygen atoms in total. The van der Waals surface area contributed by atoms with Gasteiger partial charge in [-0.3, -0.25) is 0 Å². The van der Waals surface area contributed by atoms with Gasteiger partial charge in [-0.15, -0.1) is 11.8 Å². The van der Waals surface area contributed by atoms with E-state index in [4.69, 9.17) is 4.74 Å². The van der Waals surface area contributed by atoms with Gasteiger partial charge in [-0.25, -0.2) is 9.97 Å². The van der Waals surface area contributed by atoms with Crippen molar-refractivity contribution in [3.63, 3.8) is 0 Å². The van der Waals surface area contributed by atoms with Crippen LogP contribution >= 0.6 is 11.8 Å². The Morgan fingerprint density at radius 3 is 2.78 bits per heavy atom. The molecule has 0 amide bonds. The zero-order valence-corrected chi connectivity index (χ0v) is 12.3. The molecule has 0 aliphatic rings. The Labute approximate surface area is 114 Å². The minimum absolute atomic E-state index is 0.483. The maximum absolute atomic E-state index is 5.37. The van der Waals surface area contributed by atoms with Crippen LogP contribution in [0.4, 0.5) is 5.82 Å². The lowest BCUT2D eigenvalue weighted by Gasteiger charge is -2.08. The highest BCUT2D eigenvalue weighted by Crippen LogP contribution is 2.20. The Balaban J connectivity index is 2.70. The molecule has 0 spiro atoms. The summed E-state index contributed by atoms with van der Waals surface area (Å²) >= 11 is 1.79. The first-order chi connectivity index (χ1) is 8.80. The average Bonchev–Trinajstić information content (AvgIpc) is 2.37. The number of nitrogens with one attached hydrogen (secondary N) is 1. The van der Waals surface area contributed by atoms with E-state index in [2.05, 4.69) is 29.1 Å². The van der Waals surface area contributed by atoms with E-state index in [9.17, 15) is 0 Å². The van der Waals surface area contributed by atoms with E-state index in [1.54, 1.807) is 11.8 Å². The SMILES string of the molecule is CCCCSc1cc(NCC)nc(COCC)n1. The van der Waals surface area contributed by atoms with E-state index in [0.29, 0.717) is 13.2 Å². The van der Waals surface area contributed by atoms with Gasteiger partial charge in [0, 0.05) is 19.2 Å². The zero-order valence-electron chi connectivity index (χ0n) is 11.5. The maximum atomic E-state index is 5.37. The van der Waals surface area contributed by atoms with Crippen molar-refractivity contribution in [1.29, 1.82) is 0 Å². The summed E-state index contributed by atoms with van der Waals surface area (Å²) in [6, 6.07) is 2.01. The molecule has 0 aliphatic heterocycles. The molecule has 0 saturated carbocycles. The number of anilines is 1. The third-order valence-electron chi connectivity index (χ3n) is 2.29. The summed E-state index contributed by atoms with van der Waals surface area (Å²) in [5.41, 5.74) is 0. The van der Waals surface area contributed by atoms with Crippen LogP contribution in [0.15, 0.2) is 11.1 Å². The van der Waals surface area contributed by atoms with Gasteiger partial charge >= 0.3 is 0 Å². The Morgan fingerprint density at radius 1 is 1.28 bits per heavy atom. The lowest BCUT2D eigenvalue weighted by Crippen LogP contribution is -2.06. The predicted octanol–water partition coefficient (Wildman–Crippen LogP) is 3.34. The molecular formula is C13H23N3OS. The molecule has 102 valence electrons. The van der Waals surface area contributed by atoms with Gasteiger partial charge in [-0.2, -0.15) is 0 Å². The largest absolute Gasteiger partial charge is 0.374 e. The second-order valence-electron chi connectivity index (χ2n) is 3.88. The van der Waals surface area contributed by atoms with E-state index < -0.39 is 0 Å². The molecule has 0 bridgehead atoms. The van der Waals surface area contributed by atoms with Crippen LogP contribution in [-0.4, -0.2) is 28.9 Å². The Morgan fingerprint density at radius 2 is 2.11 bits per heavy atom. The number of hydrogen-bond acceptors (Lipinski definition) is 5. The summed E-state index contributed by atoms with van der Waals surface area (Å²) in [7, 11) is 0. The minimum Gasteiger partial charge on any atom is -0.374 e. The quantitative estimate of drug-likeness (QED) is 0.423. The van der Waals surface area contributed by atoms with E-state index in [0.717, 1.165) is 29.0 Å². The first-order valence-corrected chi connectivity index (χ1v) is 7.61. The van der Waals surface area contributed by atoms with Gasteiger partial charge in [-0.05, 0) is 26.0 Å². The van der Waals surface area contributed by atoms with E-state index >= 15 is 0 Å². The fraction of sp³-hybridized carbons (Fsp3) is 0.692. The van der Waals surface area contributed by atoms with E-state index in [1.165, 1.54) is 12.8 Å². The number of hydrogen-bond donors (Lipinski definition) is 1. The van der Waals surface area contributed by atoms with Crippen molar-refractivity contribution in [2.75, 3.05) is 24.2 Å². The standard InChI is InChI=1S/C13H23N3OS/c1-4-7-8-18-13-9-11(14-5-2)15-12(16-13)10-17-6-3/h9H,4-8,10H2,1-3H3,(H,14,15,16). The van der Waals surface area contributed by atoms with Gasteiger partial charge in [0.15, 0.2) is 5.82 Å². The molecule has 1 aromatic heterocycles. The number of unbranched alkanes of at least 4 members (excludes halogenated alkanes) is 1. The van der Waals surface area contributed by atoms with Crippen molar-refractivity contribution < 1.29 is 4.74 Å². The molecule has 1 aromatic rings. The molecule has 1 heterocycles. The van der Waals surface area contributed by atoms with Crippen molar-refractivity contribution in [3.05, 3.63) is 11.9 Å². The molecule has 5 heteroatoms. The third-order valence-corrected chi connectivity index (χ3v) is 3.29. The molecular weight excluding hydrogens is 246 g/mol. The molecule has 0 unspecified atom stereocenters. The Bertz CT molecular complexity index is 347. The topological polar surface area (TPSA) is 47.0 Å². The zero-order chi connectivity index (χ0) is 13.2. The van der Waals surface area contributed by atoms with Gasteiger partial charge in [-0.1, -0.05) is 13.3 Å². The molecule has 1 rings (SSSR count). The van der Waals surface area contributed by atoms with Crippen molar-refractivity contribution in [2.24, 2.45) is 0 Å². The van der Waals surface area contributed by atoms with Crippen LogP contribution in [0.1, 0.15) is 39.4 Å². The van der Waals surface area contributed by atoms with Crippen molar-refractivity contribution in [2.45, 2.75) is 45.2 Å². The lowest BCUT2D eigenvalue weighted by molar-refractivity contribution is 0.128. The lowest BCUT2D eigenvalue weighted by atomic mass is 10.4. The highest BCUT2D eigenvalue weighted by atomic mass is 32.2. The smallest absolute Gasteiger partial charge is 0.157 e. The van der Waals surface area contributed by atoms with Gasteiger partial charge in [0.25, 0.3) is 0 Å². The second kappa shape index (κ2) is 9.16. The fourth-order valence-corrected chi connectivity index (χ4v) is 2.40. The van der Waals surface area contributed by atoms with Crippen LogP contribution in [-0.2, 0) is 11.3 Å². The Hall–Kier alpha value is -0.810. The molecule has 0 atom stereocenters. The van der Waals surface area contributed by atoms with E-state index in [1.807, 2.05) is 13.0 Å². The van der Waals surface area contributed by atoms with Gasteiger partial charge in [0.1, 0.15) is 17.5 Å². The highest BCUT2D eigenvalue weighted by molar-refractivity contribution is 7.99.